The van der Waals surface area contributed by atoms with E-state index in [4.69, 9.17) is 4.74 Å². The van der Waals surface area contributed by atoms with E-state index in [-0.39, 0.29) is 30.0 Å². The Bertz CT molecular complexity index is 1180. The highest BCUT2D eigenvalue weighted by Crippen LogP contribution is 2.27. The minimum Gasteiger partial charge on any atom is -0.493 e. The number of H-pyrrole nitrogens is 1. The van der Waals surface area contributed by atoms with Crippen LogP contribution in [0.5, 0.6) is 5.75 Å². The topological polar surface area (TPSA) is 91.4 Å². The smallest absolute Gasteiger partial charge is 0.273 e. The van der Waals surface area contributed by atoms with Crippen LogP contribution in [0, 0.1) is 5.92 Å². The van der Waals surface area contributed by atoms with Crippen molar-refractivity contribution in [3.63, 3.8) is 0 Å². The molecular weight excluding hydrogens is 442 g/mol. The zero-order valence-corrected chi connectivity index (χ0v) is 19.9. The molecule has 0 bridgehead atoms. The number of benzene rings is 2. The van der Waals surface area contributed by atoms with Gasteiger partial charge in [-0.2, -0.15) is 0 Å². The van der Waals surface area contributed by atoms with Gasteiger partial charge in [0.1, 0.15) is 11.4 Å². The van der Waals surface area contributed by atoms with E-state index in [0.717, 1.165) is 31.0 Å². The lowest BCUT2D eigenvalue weighted by Crippen LogP contribution is -2.48. The summed E-state index contributed by atoms with van der Waals surface area (Å²) < 4.78 is 5.83. The van der Waals surface area contributed by atoms with E-state index < -0.39 is 0 Å². The lowest BCUT2D eigenvalue weighted by atomic mass is 9.86. The summed E-state index contributed by atoms with van der Waals surface area (Å²) in [6, 6.07) is 17.7. The zero-order chi connectivity index (χ0) is 24.0. The van der Waals surface area contributed by atoms with Crippen LogP contribution in [-0.2, 0) is 11.2 Å². The van der Waals surface area contributed by atoms with Gasteiger partial charge in [0, 0.05) is 50.3 Å². The highest BCUT2D eigenvalue weighted by Gasteiger charge is 2.22. The molecule has 2 fully saturated rings. The standard InChI is InChI=1S/C27H31N5O3/c33-25(32-17-15-31(16-18-32)22-7-2-1-3-8-22)14-13-24-27(34)28-26(30-29-24)21-9-11-23(12-10-21)35-19-20-5-4-6-20/h1-3,7-12,20H,4-6,13-19H2,(H,28,30,34). The summed E-state index contributed by atoms with van der Waals surface area (Å²) in [4.78, 5) is 32.2. The van der Waals surface area contributed by atoms with Crippen LogP contribution in [-0.4, -0.2) is 58.8 Å². The molecule has 1 saturated heterocycles. The number of nitrogens with zero attached hydrogens (tertiary/aromatic N) is 4. The maximum absolute atomic E-state index is 12.7. The van der Waals surface area contributed by atoms with Crippen molar-refractivity contribution in [2.24, 2.45) is 5.92 Å². The summed E-state index contributed by atoms with van der Waals surface area (Å²) in [6.07, 6.45) is 4.31. The van der Waals surface area contributed by atoms with Crippen molar-refractivity contribution in [2.45, 2.75) is 32.1 Å². The van der Waals surface area contributed by atoms with Crippen LogP contribution < -0.4 is 15.2 Å². The summed E-state index contributed by atoms with van der Waals surface area (Å²) in [5.41, 5.74) is 1.93. The van der Waals surface area contributed by atoms with Crippen molar-refractivity contribution < 1.29 is 9.53 Å². The fourth-order valence-corrected chi connectivity index (χ4v) is 4.47. The molecule has 2 aliphatic rings. The Kier molecular flexibility index (Phi) is 7.07. The van der Waals surface area contributed by atoms with Crippen molar-refractivity contribution in [1.29, 1.82) is 0 Å². The van der Waals surface area contributed by atoms with Crippen molar-refractivity contribution in [1.82, 2.24) is 20.1 Å². The molecule has 1 aromatic heterocycles. The molecule has 182 valence electrons. The van der Waals surface area contributed by atoms with E-state index in [1.165, 1.54) is 24.9 Å². The molecule has 8 nitrogen and oxygen atoms in total. The predicted octanol–water partition coefficient (Wildman–Crippen LogP) is 3.29. The zero-order valence-electron chi connectivity index (χ0n) is 19.9. The van der Waals surface area contributed by atoms with Crippen LogP contribution in [0.2, 0.25) is 0 Å². The van der Waals surface area contributed by atoms with Crippen molar-refractivity contribution in [2.75, 3.05) is 37.7 Å². The summed E-state index contributed by atoms with van der Waals surface area (Å²) in [5.74, 6) is 1.94. The number of carbonyl (C=O) groups is 1. The largest absolute Gasteiger partial charge is 0.493 e. The third-order valence-corrected chi connectivity index (χ3v) is 6.93. The molecule has 0 atom stereocenters. The Balaban J connectivity index is 1.12. The first-order valence-electron chi connectivity index (χ1n) is 12.4. The van der Waals surface area contributed by atoms with E-state index >= 15 is 0 Å². The molecule has 1 N–H and O–H groups in total. The molecule has 1 amide bonds. The Labute approximate surface area is 204 Å². The maximum atomic E-state index is 12.7. The Hall–Kier alpha value is -3.68. The summed E-state index contributed by atoms with van der Waals surface area (Å²) in [5, 5.41) is 8.31. The molecule has 0 unspecified atom stereocenters. The molecule has 1 aliphatic heterocycles. The second-order valence-electron chi connectivity index (χ2n) is 9.29. The number of nitrogens with one attached hydrogen (secondary N) is 1. The van der Waals surface area contributed by atoms with Crippen molar-refractivity contribution in [3.05, 3.63) is 70.6 Å². The number of anilines is 1. The van der Waals surface area contributed by atoms with Crippen LogP contribution in [0.4, 0.5) is 5.69 Å². The molecular formula is C27H31N5O3. The number of piperazine rings is 1. The Morgan fingerprint density at radius 3 is 2.37 bits per heavy atom. The van der Waals surface area contributed by atoms with Gasteiger partial charge in [0.05, 0.1) is 6.61 Å². The van der Waals surface area contributed by atoms with Crippen LogP contribution in [0.1, 0.15) is 31.4 Å². The average molecular weight is 474 g/mol. The van der Waals surface area contributed by atoms with Gasteiger partial charge in [-0.3, -0.25) is 9.59 Å². The molecule has 1 aliphatic carbocycles. The van der Waals surface area contributed by atoms with E-state index in [0.29, 0.717) is 24.8 Å². The SMILES string of the molecule is O=C(CCc1nnc(-c2ccc(OCC3CCC3)cc2)[nH]c1=O)N1CCN(c2ccccc2)CC1. The maximum Gasteiger partial charge on any atom is 0.273 e. The molecule has 2 aromatic carbocycles. The number of aryl methyl sites for hydroxylation is 1. The predicted molar refractivity (Wildman–Crippen MR) is 134 cm³/mol. The van der Waals surface area contributed by atoms with Gasteiger partial charge < -0.3 is 19.5 Å². The highest BCUT2D eigenvalue weighted by molar-refractivity contribution is 5.76. The van der Waals surface area contributed by atoms with Gasteiger partial charge in [-0.05, 0) is 55.2 Å². The monoisotopic (exact) mass is 473 g/mol. The minimum absolute atomic E-state index is 0.0421. The summed E-state index contributed by atoms with van der Waals surface area (Å²) in [6.45, 7) is 3.71. The first-order valence-corrected chi connectivity index (χ1v) is 12.4. The lowest BCUT2D eigenvalue weighted by Gasteiger charge is -2.36. The number of aromatic nitrogens is 3. The van der Waals surface area contributed by atoms with Crippen molar-refractivity contribution in [3.8, 4) is 17.1 Å². The number of hydrogen-bond donors (Lipinski definition) is 1. The van der Waals surface area contributed by atoms with Gasteiger partial charge in [-0.15, -0.1) is 10.2 Å². The number of rotatable bonds is 8. The van der Waals surface area contributed by atoms with Crippen molar-refractivity contribution >= 4 is 11.6 Å². The molecule has 35 heavy (non-hydrogen) atoms. The first-order chi connectivity index (χ1) is 17.2. The van der Waals surface area contributed by atoms with Gasteiger partial charge in [-0.1, -0.05) is 24.6 Å². The van der Waals surface area contributed by atoms with Crippen LogP contribution in [0.25, 0.3) is 11.4 Å². The third-order valence-electron chi connectivity index (χ3n) is 6.93. The van der Waals surface area contributed by atoms with Crippen LogP contribution >= 0.6 is 0 Å². The molecule has 3 aromatic rings. The van der Waals surface area contributed by atoms with E-state index in [2.05, 4.69) is 32.2 Å². The first kappa shape index (κ1) is 23.1. The fourth-order valence-electron chi connectivity index (χ4n) is 4.47. The second kappa shape index (κ2) is 10.7. The van der Waals surface area contributed by atoms with Crippen LogP contribution in [0.3, 0.4) is 0 Å². The third kappa shape index (κ3) is 5.70. The summed E-state index contributed by atoms with van der Waals surface area (Å²) >= 11 is 0. The molecule has 8 heteroatoms. The van der Waals surface area contributed by atoms with E-state index in [1.807, 2.05) is 47.4 Å². The summed E-state index contributed by atoms with van der Waals surface area (Å²) in [7, 11) is 0. The normalized spacial score (nSPS) is 16.1. The number of carbonyl (C=O) groups excluding carboxylic acids is 1. The minimum atomic E-state index is -0.304. The Morgan fingerprint density at radius 2 is 1.71 bits per heavy atom. The number of hydrogen-bond acceptors (Lipinski definition) is 6. The number of amides is 1. The molecule has 2 heterocycles. The highest BCUT2D eigenvalue weighted by atomic mass is 16.5. The number of para-hydroxylation sites is 1. The fraction of sp³-hybridized carbons (Fsp3) is 0.407. The van der Waals surface area contributed by atoms with E-state index in [9.17, 15) is 9.59 Å². The lowest BCUT2D eigenvalue weighted by molar-refractivity contribution is -0.131. The van der Waals surface area contributed by atoms with E-state index in [1.54, 1.807) is 0 Å². The number of ether oxygens (including phenoxy) is 1. The average Bonchev–Trinajstić information content (AvgIpc) is 2.88. The van der Waals surface area contributed by atoms with Crippen LogP contribution in [0.15, 0.2) is 59.4 Å². The van der Waals surface area contributed by atoms with Gasteiger partial charge in [-0.25, -0.2) is 0 Å². The molecule has 5 rings (SSSR count). The Morgan fingerprint density at radius 1 is 0.971 bits per heavy atom. The van der Waals surface area contributed by atoms with Gasteiger partial charge in [0.2, 0.25) is 5.91 Å². The second-order valence-corrected chi connectivity index (χ2v) is 9.29. The van der Waals surface area contributed by atoms with Gasteiger partial charge in [0.25, 0.3) is 5.56 Å². The molecule has 0 radical (unpaired) electrons. The van der Waals surface area contributed by atoms with Gasteiger partial charge in [0.15, 0.2) is 5.82 Å². The van der Waals surface area contributed by atoms with Gasteiger partial charge >= 0.3 is 0 Å². The molecule has 0 spiro atoms. The number of aromatic amines is 1. The quantitative estimate of drug-likeness (QED) is 0.540. The molecule has 1 saturated carbocycles.